The molecule has 19 heavy (non-hydrogen) atoms. The van der Waals surface area contributed by atoms with E-state index in [0.717, 1.165) is 18.4 Å². The van der Waals surface area contributed by atoms with Crippen molar-refractivity contribution in [2.45, 2.75) is 59.9 Å². The molecule has 0 spiro atoms. The van der Waals surface area contributed by atoms with Crippen LogP contribution in [0, 0.1) is 11.8 Å². The highest BCUT2D eigenvalue weighted by Gasteiger charge is 2.05. The molecule has 0 saturated carbocycles. The maximum atomic E-state index is 3.61. The van der Waals surface area contributed by atoms with Crippen molar-refractivity contribution >= 4 is 0 Å². The molecule has 1 aromatic carbocycles. The Kier molecular flexibility index (Phi) is 7.15. The quantitative estimate of drug-likeness (QED) is 0.651. The van der Waals surface area contributed by atoms with Gasteiger partial charge in [-0.3, -0.25) is 0 Å². The zero-order valence-electron chi connectivity index (χ0n) is 13.4. The first-order valence-corrected chi connectivity index (χ1v) is 7.81. The lowest BCUT2D eigenvalue weighted by Crippen LogP contribution is -2.20. The Labute approximate surface area is 119 Å². The van der Waals surface area contributed by atoms with Crippen molar-refractivity contribution in [1.82, 2.24) is 5.32 Å². The van der Waals surface area contributed by atoms with Crippen LogP contribution >= 0.6 is 0 Å². The number of nitrogens with one attached hydrogen (secondary N) is 1. The first kappa shape index (κ1) is 16.2. The van der Waals surface area contributed by atoms with Crippen LogP contribution in [0.4, 0.5) is 0 Å². The fourth-order valence-electron chi connectivity index (χ4n) is 2.36. The zero-order chi connectivity index (χ0) is 14.3. The summed E-state index contributed by atoms with van der Waals surface area (Å²) in [6.07, 6.45) is 3.76. The molecule has 0 aliphatic heterocycles. The Balaban J connectivity index is 2.37. The highest BCUT2D eigenvalue weighted by atomic mass is 14.9. The summed E-state index contributed by atoms with van der Waals surface area (Å²) in [5.41, 5.74) is 2.85. The van der Waals surface area contributed by atoms with Crippen LogP contribution < -0.4 is 5.32 Å². The Morgan fingerprint density at radius 1 is 0.895 bits per heavy atom. The van der Waals surface area contributed by atoms with Gasteiger partial charge in [-0.2, -0.15) is 0 Å². The third-order valence-electron chi connectivity index (χ3n) is 3.53. The van der Waals surface area contributed by atoms with E-state index in [0.29, 0.717) is 6.04 Å². The summed E-state index contributed by atoms with van der Waals surface area (Å²) in [6.45, 7) is 12.5. The van der Waals surface area contributed by atoms with Crippen LogP contribution in [-0.2, 0) is 6.42 Å². The number of rotatable bonds is 8. The molecule has 0 aliphatic carbocycles. The van der Waals surface area contributed by atoms with Crippen LogP contribution in [0.2, 0.25) is 0 Å². The molecule has 0 saturated heterocycles. The minimum atomic E-state index is 0.459. The van der Waals surface area contributed by atoms with Gasteiger partial charge in [0.15, 0.2) is 0 Å². The molecule has 1 aromatic rings. The molecule has 1 N–H and O–H groups in total. The van der Waals surface area contributed by atoms with Crippen LogP contribution in [0.5, 0.6) is 0 Å². The highest BCUT2D eigenvalue weighted by molar-refractivity contribution is 5.25. The summed E-state index contributed by atoms with van der Waals surface area (Å²) in [5.74, 6) is 1.55. The second-order valence-corrected chi connectivity index (χ2v) is 6.55. The SMILES string of the molecule is CC(C)CCCNC(C)c1ccc(CC(C)C)cc1. The Hall–Kier alpha value is -0.820. The van der Waals surface area contributed by atoms with Crippen LogP contribution in [0.1, 0.15) is 64.6 Å². The normalized spacial score (nSPS) is 13.2. The van der Waals surface area contributed by atoms with Crippen molar-refractivity contribution in [3.63, 3.8) is 0 Å². The summed E-state index contributed by atoms with van der Waals surface area (Å²) < 4.78 is 0. The number of hydrogen-bond donors (Lipinski definition) is 1. The smallest absolute Gasteiger partial charge is 0.0291 e. The third kappa shape index (κ3) is 6.77. The van der Waals surface area contributed by atoms with Gasteiger partial charge in [0.2, 0.25) is 0 Å². The molecule has 0 heterocycles. The zero-order valence-corrected chi connectivity index (χ0v) is 13.4. The Bertz CT molecular complexity index is 337. The summed E-state index contributed by atoms with van der Waals surface area (Å²) in [4.78, 5) is 0. The van der Waals surface area contributed by atoms with E-state index in [2.05, 4.69) is 64.2 Å². The molecule has 0 aliphatic rings. The highest BCUT2D eigenvalue weighted by Crippen LogP contribution is 2.15. The Morgan fingerprint density at radius 2 is 1.53 bits per heavy atom. The molecule has 0 amide bonds. The van der Waals surface area contributed by atoms with Gasteiger partial charge in [0.25, 0.3) is 0 Å². The molecule has 0 fully saturated rings. The molecule has 108 valence electrons. The van der Waals surface area contributed by atoms with Gasteiger partial charge in [-0.25, -0.2) is 0 Å². The third-order valence-corrected chi connectivity index (χ3v) is 3.53. The van der Waals surface area contributed by atoms with Crippen molar-refractivity contribution in [3.05, 3.63) is 35.4 Å². The van der Waals surface area contributed by atoms with Gasteiger partial charge >= 0.3 is 0 Å². The average Bonchev–Trinajstić information content (AvgIpc) is 2.34. The molecule has 1 nitrogen and oxygen atoms in total. The predicted octanol–water partition coefficient (Wildman–Crippen LogP) is 4.97. The fourth-order valence-corrected chi connectivity index (χ4v) is 2.36. The largest absolute Gasteiger partial charge is 0.310 e. The first-order chi connectivity index (χ1) is 8.99. The molecule has 0 bridgehead atoms. The van der Waals surface area contributed by atoms with Crippen LogP contribution in [0.25, 0.3) is 0 Å². The molecule has 0 aromatic heterocycles. The average molecular weight is 261 g/mol. The molecule has 0 radical (unpaired) electrons. The molecule has 1 unspecified atom stereocenters. The van der Waals surface area contributed by atoms with Crippen molar-refractivity contribution in [3.8, 4) is 0 Å². The minimum absolute atomic E-state index is 0.459. The number of hydrogen-bond acceptors (Lipinski definition) is 1. The fraction of sp³-hybridized carbons (Fsp3) is 0.667. The van der Waals surface area contributed by atoms with Crippen LogP contribution in [0.15, 0.2) is 24.3 Å². The van der Waals surface area contributed by atoms with Gasteiger partial charge in [0.05, 0.1) is 0 Å². The van der Waals surface area contributed by atoms with Crippen molar-refractivity contribution in [2.24, 2.45) is 11.8 Å². The van der Waals surface area contributed by atoms with Gasteiger partial charge in [-0.1, -0.05) is 52.0 Å². The lowest BCUT2D eigenvalue weighted by Gasteiger charge is -2.15. The second kappa shape index (κ2) is 8.37. The molecular formula is C18H31N. The van der Waals surface area contributed by atoms with Gasteiger partial charge < -0.3 is 5.32 Å². The second-order valence-electron chi connectivity index (χ2n) is 6.55. The molecule has 1 rings (SSSR count). The van der Waals surface area contributed by atoms with E-state index in [1.807, 2.05) is 0 Å². The van der Waals surface area contributed by atoms with E-state index in [1.165, 1.54) is 30.4 Å². The summed E-state index contributed by atoms with van der Waals surface area (Å²) >= 11 is 0. The summed E-state index contributed by atoms with van der Waals surface area (Å²) in [6, 6.07) is 9.57. The summed E-state index contributed by atoms with van der Waals surface area (Å²) in [7, 11) is 0. The topological polar surface area (TPSA) is 12.0 Å². The standard InChI is InChI=1S/C18H31N/c1-14(2)7-6-12-19-16(5)18-10-8-17(9-11-18)13-15(3)4/h8-11,14-16,19H,6-7,12-13H2,1-5H3. The van der Waals surface area contributed by atoms with Crippen LogP contribution in [-0.4, -0.2) is 6.54 Å². The van der Waals surface area contributed by atoms with E-state index in [1.54, 1.807) is 0 Å². The van der Waals surface area contributed by atoms with E-state index in [-0.39, 0.29) is 0 Å². The Morgan fingerprint density at radius 3 is 2.05 bits per heavy atom. The molecule has 1 atom stereocenters. The van der Waals surface area contributed by atoms with Gasteiger partial charge in [-0.15, -0.1) is 0 Å². The monoisotopic (exact) mass is 261 g/mol. The molecule has 1 heteroatoms. The van der Waals surface area contributed by atoms with Crippen molar-refractivity contribution in [2.75, 3.05) is 6.54 Å². The lowest BCUT2D eigenvalue weighted by molar-refractivity contribution is 0.497. The maximum Gasteiger partial charge on any atom is 0.0291 e. The maximum absolute atomic E-state index is 3.61. The number of benzene rings is 1. The van der Waals surface area contributed by atoms with Gasteiger partial charge in [0, 0.05) is 6.04 Å². The van der Waals surface area contributed by atoms with E-state index >= 15 is 0 Å². The van der Waals surface area contributed by atoms with Gasteiger partial charge in [-0.05, 0) is 55.7 Å². The first-order valence-electron chi connectivity index (χ1n) is 7.81. The predicted molar refractivity (Wildman–Crippen MR) is 85.5 cm³/mol. The van der Waals surface area contributed by atoms with Crippen molar-refractivity contribution < 1.29 is 0 Å². The van der Waals surface area contributed by atoms with Gasteiger partial charge in [0.1, 0.15) is 0 Å². The van der Waals surface area contributed by atoms with Crippen LogP contribution in [0.3, 0.4) is 0 Å². The van der Waals surface area contributed by atoms with E-state index in [4.69, 9.17) is 0 Å². The molecular weight excluding hydrogens is 230 g/mol. The minimum Gasteiger partial charge on any atom is -0.310 e. The van der Waals surface area contributed by atoms with E-state index < -0.39 is 0 Å². The summed E-state index contributed by atoms with van der Waals surface area (Å²) in [5, 5.41) is 3.61. The lowest BCUT2D eigenvalue weighted by atomic mass is 10.00. The van der Waals surface area contributed by atoms with E-state index in [9.17, 15) is 0 Å². The van der Waals surface area contributed by atoms with Crippen molar-refractivity contribution in [1.29, 1.82) is 0 Å².